The maximum Gasteiger partial charge on any atom is 0.133 e. The monoisotopic (exact) mass is 290 g/mol. The van der Waals surface area contributed by atoms with Crippen molar-refractivity contribution in [1.29, 1.82) is 5.26 Å². The fourth-order valence-electron chi connectivity index (χ4n) is 1.13. The van der Waals surface area contributed by atoms with E-state index in [2.05, 4.69) is 15.9 Å². The third-order valence-corrected chi connectivity index (χ3v) is 2.53. The summed E-state index contributed by atoms with van der Waals surface area (Å²) < 4.78 is 5.94. The average molecular weight is 292 g/mol. The van der Waals surface area contributed by atoms with Gasteiger partial charge in [-0.15, -0.1) is 12.4 Å². The molecule has 0 aromatic heterocycles. The fourth-order valence-corrected chi connectivity index (χ4v) is 1.69. The van der Waals surface area contributed by atoms with Crippen molar-refractivity contribution in [2.45, 2.75) is 12.5 Å². The van der Waals surface area contributed by atoms with Crippen molar-refractivity contribution in [3.8, 4) is 11.8 Å². The first kappa shape index (κ1) is 14.2. The Labute approximate surface area is 104 Å². The van der Waals surface area contributed by atoms with E-state index in [-0.39, 0.29) is 18.4 Å². The van der Waals surface area contributed by atoms with Crippen LogP contribution in [0.4, 0.5) is 0 Å². The van der Waals surface area contributed by atoms with Crippen LogP contribution in [-0.4, -0.2) is 7.11 Å². The molecule has 2 N–H and O–H groups in total. The number of benzene rings is 1. The van der Waals surface area contributed by atoms with E-state index in [4.69, 9.17) is 15.7 Å². The van der Waals surface area contributed by atoms with Crippen molar-refractivity contribution in [3.63, 3.8) is 0 Å². The molecule has 0 saturated heterocycles. The molecular weight excluding hydrogens is 279 g/mol. The van der Waals surface area contributed by atoms with Gasteiger partial charge >= 0.3 is 0 Å². The Bertz CT molecular complexity index is 365. The van der Waals surface area contributed by atoms with Crippen molar-refractivity contribution in [2.24, 2.45) is 5.73 Å². The van der Waals surface area contributed by atoms with Crippen LogP contribution in [0, 0.1) is 11.3 Å². The Hall–Kier alpha value is -0.760. The second-order valence-corrected chi connectivity index (χ2v) is 3.72. The first-order valence-corrected chi connectivity index (χ1v) is 4.94. The van der Waals surface area contributed by atoms with Crippen LogP contribution < -0.4 is 10.5 Å². The lowest BCUT2D eigenvalue weighted by atomic mass is 10.1. The fraction of sp³-hybridized carbons (Fsp3) is 0.300. The van der Waals surface area contributed by atoms with Gasteiger partial charge in [0.05, 0.1) is 24.1 Å². The minimum atomic E-state index is -0.234. The van der Waals surface area contributed by atoms with E-state index in [1.807, 2.05) is 24.3 Å². The maximum absolute atomic E-state index is 8.50. The Morgan fingerprint density at radius 1 is 1.60 bits per heavy atom. The van der Waals surface area contributed by atoms with Crippen LogP contribution >= 0.6 is 28.3 Å². The van der Waals surface area contributed by atoms with Gasteiger partial charge in [0.15, 0.2) is 0 Å². The Morgan fingerprint density at radius 3 is 2.73 bits per heavy atom. The molecule has 82 valence electrons. The normalized spacial score (nSPS) is 11.1. The molecule has 1 atom stereocenters. The summed E-state index contributed by atoms with van der Waals surface area (Å²) in [6, 6.07) is 7.38. The van der Waals surface area contributed by atoms with Crippen LogP contribution in [-0.2, 0) is 0 Å². The summed E-state index contributed by atoms with van der Waals surface area (Å²) in [5.41, 5.74) is 6.71. The number of nitrogens with two attached hydrogens (primary N) is 1. The van der Waals surface area contributed by atoms with E-state index in [9.17, 15) is 0 Å². The predicted molar refractivity (Wildman–Crippen MR) is 65.1 cm³/mol. The quantitative estimate of drug-likeness (QED) is 0.931. The average Bonchev–Trinajstić information content (AvgIpc) is 2.18. The molecule has 0 radical (unpaired) electrons. The molecule has 0 fully saturated rings. The second kappa shape index (κ2) is 6.67. The summed E-state index contributed by atoms with van der Waals surface area (Å²) in [5, 5.41) is 8.50. The minimum Gasteiger partial charge on any atom is -0.496 e. The lowest BCUT2D eigenvalue weighted by molar-refractivity contribution is 0.412. The Balaban J connectivity index is 0.00000196. The van der Waals surface area contributed by atoms with Gasteiger partial charge in [-0.2, -0.15) is 5.26 Å². The third-order valence-electron chi connectivity index (χ3n) is 1.92. The van der Waals surface area contributed by atoms with Gasteiger partial charge in [0.2, 0.25) is 0 Å². The van der Waals surface area contributed by atoms with Crippen LogP contribution in [0.25, 0.3) is 0 Å². The zero-order chi connectivity index (χ0) is 10.6. The summed E-state index contributed by atoms with van der Waals surface area (Å²) in [5.74, 6) is 0.762. The molecule has 0 aliphatic rings. The number of halogens is 2. The predicted octanol–water partition coefficient (Wildman–Crippen LogP) is 2.79. The van der Waals surface area contributed by atoms with Crippen LogP contribution in [0.2, 0.25) is 0 Å². The van der Waals surface area contributed by atoms with Crippen molar-refractivity contribution in [3.05, 3.63) is 28.2 Å². The Kier molecular flexibility index (Phi) is 6.34. The van der Waals surface area contributed by atoms with Crippen LogP contribution in [0.1, 0.15) is 18.0 Å². The highest BCUT2D eigenvalue weighted by Crippen LogP contribution is 2.28. The summed E-state index contributed by atoms with van der Waals surface area (Å²) in [4.78, 5) is 0. The van der Waals surface area contributed by atoms with Crippen molar-refractivity contribution >= 4 is 28.3 Å². The van der Waals surface area contributed by atoms with Gasteiger partial charge in [-0.1, -0.05) is 6.07 Å². The topological polar surface area (TPSA) is 59.0 Å². The highest BCUT2D eigenvalue weighted by atomic mass is 79.9. The first-order chi connectivity index (χ1) is 6.69. The lowest BCUT2D eigenvalue weighted by Gasteiger charge is -2.10. The van der Waals surface area contributed by atoms with Gasteiger partial charge < -0.3 is 10.5 Å². The Morgan fingerprint density at radius 2 is 2.27 bits per heavy atom. The molecule has 0 amide bonds. The molecule has 1 rings (SSSR count). The molecule has 3 nitrogen and oxygen atoms in total. The molecule has 0 unspecified atom stereocenters. The first-order valence-electron chi connectivity index (χ1n) is 4.15. The molecule has 0 aliphatic carbocycles. The number of nitriles is 1. The number of ether oxygens (including phenoxy) is 1. The lowest BCUT2D eigenvalue weighted by Crippen LogP contribution is -2.09. The molecule has 0 heterocycles. The number of rotatable bonds is 3. The van der Waals surface area contributed by atoms with Crippen molar-refractivity contribution < 1.29 is 4.74 Å². The van der Waals surface area contributed by atoms with Gasteiger partial charge in [0.25, 0.3) is 0 Å². The molecule has 1 aromatic rings. The van der Waals surface area contributed by atoms with Gasteiger partial charge in [0.1, 0.15) is 5.75 Å². The zero-order valence-electron chi connectivity index (χ0n) is 8.24. The van der Waals surface area contributed by atoms with Crippen molar-refractivity contribution in [1.82, 2.24) is 0 Å². The van der Waals surface area contributed by atoms with E-state index >= 15 is 0 Å². The van der Waals surface area contributed by atoms with E-state index in [0.29, 0.717) is 6.42 Å². The smallest absolute Gasteiger partial charge is 0.133 e. The van der Waals surface area contributed by atoms with Crippen LogP contribution in [0.15, 0.2) is 22.7 Å². The second-order valence-electron chi connectivity index (χ2n) is 2.86. The molecule has 1 aromatic carbocycles. The molecular formula is C10H12BrClN2O. The summed E-state index contributed by atoms with van der Waals surface area (Å²) in [6.45, 7) is 0. The van der Waals surface area contributed by atoms with Crippen molar-refractivity contribution in [2.75, 3.05) is 7.11 Å². The largest absolute Gasteiger partial charge is 0.496 e. The van der Waals surface area contributed by atoms with E-state index < -0.39 is 0 Å². The molecule has 15 heavy (non-hydrogen) atoms. The standard InChI is InChI=1S/C10H11BrN2O.ClH/c1-14-10-3-2-7(6-8(10)11)9(13)4-5-12;/h2-3,6,9H,4,13H2,1H3;1H/t9-;/m1./s1. The summed E-state index contributed by atoms with van der Waals surface area (Å²) in [7, 11) is 1.61. The minimum absolute atomic E-state index is 0. The van der Waals surface area contributed by atoms with Gasteiger partial charge in [-0.25, -0.2) is 0 Å². The SMILES string of the molecule is COc1ccc([C@H](N)CC#N)cc1Br.Cl. The molecule has 5 heteroatoms. The van der Waals surface area contributed by atoms with Crippen LogP contribution in [0.5, 0.6) is 5.75 Å². The maximum atomic E-state index is 8.50. The van der Waals surface area contributed by atoms with Gasteiger partial charge in [-0.3, -0.25) is 0 Å². The van der Waals surface area contributed by atoms with E-state index in [1.165, 1.54) is 0 Å². The number of methoxy groups -OCH3 is 1. The number of hydrogen-bond donors (Lipinski definition) is 1. The van der Waals surface area contributed by atoms with Gasteiger partial charge in [0, 0.05) is 6.04 Å². The molecule has 0 bridgehead atoms. The highest BCUT2D eigenvalue weighted by molar-refractivity contribution is 9.10. The van der Waals surface area contributed by atoms with E-state index in [1.54, 1.807) is 7.11 Å². The highest BCUT2D eigenvalue weighted by Gasteiger charge is 2.07. The zero-order valence-corrected chi connectivity index (χ0v) is 10.6. The molecule has 0 saturated carbocycles. The number of hydrogen-bond acceptors (Lipinski definition) is 3. The number of nitrogens with zero attached hydrogens (tertiary/aromatic N) is 1. The van der Waals surface area contributed by atoms with Crippen LogP contribution in [0.3, 0.4) is 0 Å². The third kappa shape index (κ3) is 3.71. The summed E-state index contributed by atoms with van der Waals surface area (Å²) in [6.07, 6.45) is 0.318. The van der Waals surface area contributed by atoms with Gasteiger partial charge in [-0.05, 0) is 33.6 Å². The summed E-state index contributed by atoms with van der Waals surface area (Å²) >= 11 is 3.36. The molecule has 0 aliphatic heterocycles. The van der Waals surface area contributed by atoms with E-state index in [0.717, 1.165) is 15.8 Å². The molecule has 0 spiro atoms.